The second-order valence-electron chi connectivity index (χ2n) is 7.30. The molecule has 0 saturated heterocycles. The molecule has 2 aromatic heterocycles. The van der Waals surface area contributed by atoms with Crippen LogP contribution in [0.2, 0.25) is 0 Å². The second-order valence-corrected chi connectivity index (χ2v) is 7.30. The van der Waals surface area contributed by atoms with Crippen LogP contribution in [0.3, 0.4) is 0 Å². The average molecular weight is 421 g/mol. The van der Waals surface area contributed by atoms with Crippen molar-refractivity contribution in [3.63, 3.8) is 0 Å². The van der Waals surface area contributed by atoms with Crippen molar-refractivity contribution in [1.29, 1.82) is 0 Å². The number of hydrogen-bond acceptors (Lipinski definition) is 3. The zero-order valence-corrected chi connectivity index (χ0v) is 16.9. The van der Waals surface area contributed by atoms with Gasteiger partial charge in [0, 0.05) is 34.0 Å². The first-order valence-corrected chi connectivity index (χ1v) is 9.98. The number of nitrogens with zero attached hydrogens (tertiary/aromatic N) is 2. The van der Waals surface area contributed by atoms with E-state index in [0.717, 1.165) is 29.4 Å². The molecule has 0 spiro atoms. The average Bonchev–Trinajstić information content (AvgIpc) is 3.13. The van der Waals surface area contributed by atoms with E-state index in [9.17, 15) is 18.7 Å². The highest BCUT2D eigenvalue weighted by Crippen LogP contribution is 2.26. The van der Waals surface area contributed by atoms with Crippen molar-refractivity contribution in [2.75, 3.05) is 5.32 Å². The number of anilines is 2. The summed E-state index contributed by atoms with van der Waals surface area (Å²) in [5, 5.41) is 13.4. The van der Waals surface area contributed by atoms with Crippen LogP contribution in [0.1, 0.15) is 35.0 Å². The lowest BCUT2D eigenvalue weighted by atomic mass is 10.1. The molecule has 0 atom stereocenters. The number of benzene rings is 2. The first-order valence-electron chi connectivity index (χ1n) is 9.98. The van der Waals surface area contributed by atoms with Gasteiger partial charge in [0.1, 0.15) is 23.0 Å². The Balaban J connectivity index is 1.64. The van der Waals surface area contributed by atoms with Crippen molar-refractivity contribution >= 4 is 28.4 Å². The highest BCUT2D eigenvalue weighted by Gasteiger charge is 2.14. The fourth-order valence-electron chi connectivity index (χ4n) is 3.57. The molecular weight excluding hydrogens is 400 g/mol. The molecule has 0 unspecified atom stereocenters. The highest BCUT2D eigenvalue weighted by molar-refractivity contribution is 5.94. The Hall–Kier alpha value is -3.74. The molecule has 2 heterocycles. The Kier molecular flexibility index (Phi) is 5.66. The van der Waals surface area contributed by atoms with E-state index in [0.29, 0.717) is 5.69 Å². The zero-order valence-electron chi connectivity index (χ0n) is 16.9. The molecule has 0 radical (unpaired) electrons. The van der Waals surface area contributed by atoms with Gasteiger partial charge in [0.15, 0.2) is 0 Å². The molecule has 0 amide bonds. The van der Waals surface area contributed by atoms with Gasteiger partial charge in [0.25, 0.3) is 0 Å². The van der Waals surface area contributed by atoms with Crippen molar-refractivity contribution in [3.8, 4) is 0 Å². The number of aromatic nitrogens is 2. The minimum absolute atomic E-state index is 0.00485. The smallest absolute Gasteiger partial charge is 0.339 e. The van der Waals surface area contributed by atoms with Gasteiger partial charge in [0.2, 0.25) is 0 Å². The third-order valence-corrected chi connectivity index (χ3v) is 5.11. The first-order chi connectivity index (χ1) is 15.0. The van der Waals surface area contributed by atoms with Gasteiger partial charge in [-0.25, -0.2) is 18.6 Å². The summed E-state index contributed by atoms with van der Waals surface area (Å²) in [6.45, 7) is 2.10. The van der Waals surface area contributed by atoms with E-state index in [-0.39, 0.29) is 23.5 Å². The van der Waals surface area contributed by atoms with E-state index in [1.807, 2.05) is 25.1 Å². The molecule has 7 heteroatoms. The predicted molar refractivity (Wildman–Crippen MR) is 116 cm³/mol. The monoisotopic (exact) mass is 421 g/mol. The van der Waals surface area contributed by atoms with Crippen molar-refractivity contribution in [2.45, 2.75) is 26.3 Å². The van der Waals surface area contributed by atoms with Crippen LogP contribution in [0.5, 0.6) is 0 Å². The number of halogens is 2. The number of hydrogen-bond donors (Lipinski definition) is 2. The van der Waals surface area contributed by atoms with Crippen molar-refractivity contribution < 1.29 is 18.7 Å². The van der Waals surface area contributed by atoms with Crippen LogP contribution in [0.15, 0.2) is 60.8 Å². The number of aromatic carboxylic acids is 1. The van der Waals surface area contributed by atoms with E-state index in [1.54, 1.807) is 29.0 Å². The molecule has 4 aromatic rings. The van der Waals surface area contributed by atoms with Crippen LogP contribution in [-0.2, 0) is 13.0 Å². The summed E-state index contributed by atoms with van der Waals surface area (Å²) < 4.78 is 29.8. The number of aryl methyl sites for hydroxylation is 1. The largest absolute Gasteiger partial charge is 0.478 e. The van der Waals surface area contributed by atoms with E-state index in [4.69, 9.17) is 0 Å². The summed E-state index contributed by atoms with van der Waals surface area (Å²) in [5.41, 5.74) is 2.39. The summed E-state index contributed by atoms with van der Waals surface area (Å²) in [6.07, 6.45) is 3.42. The minimum atomic E-state index is -1.06. The predicted octanol–water partition coefficient (Wildman–Crippen LogP) is 5.76. The summed E-state index contributed by atoms with van der Waals surface area (Å²) >= 11 is 0. The van der Waals surface area contributed by atoms with Gasteiger partial charge in [-0.15, -0.1) is 0 Å². The lowest BCUT2D eigenvalue weighted by Crippen LogP contribution is -2.07. The maximum Gasteiger partial charge on any atom is 0.339 e. The fraction of sp³-hybridized carbons (Fsp3) is 0.167. The Morgan fingerprint density at radius 2 is 1.87 bits per heavy atom. The van der Waals surface area contributed by atoms with E-state index >= 15 is 0 Å². The van der Waals surface area contributed by atoms with E-state index < -0.39 is 17.6 Å². The Morgan fingerprint density at radius 1 is 1.10 bits per heavy atom. The van der Waals surface area contributed by atoms with Crippen LogP contribution < -0.4 is 5.32 Å². The Morgan fingerprint density at radius 3 is 2.58 bits per heavy atom. The molecule has 31 heavy (non-hydrogen) atoms. The quantitative estimate of drug-likeness (QED) is 0.398. The van der Waals surface area contributed by atoms with Crippen molar-refractivity contribution in [2.24, 2.45) is 0 Å². The standard InChI is InChI=1S/C24H21F2N3O2/c1-2-4-16-7-9-18(24(30)31)23(27-16)28-17-8-10-22-15(13-17)11-12-29(22)14-19-20(25)5-3-6-21(19)26/h3,5-13H,2,4,14H2,1H3,(H,27,28)(H,30,31). The zero-order chi connectivity index (χ0) is 22.0. The molecule has 2 aromatic carbocycles. The third kappa shape index (κ3) is 4.26. The van der Waals surface area contributed by atoms with Gasteiger partial charge in [-0.05, 0) is 55.0 Å². The summed E-state index contributed by atoms with van der Waals surface area (Å²) in [4.78, 5) is 16.0. The maximum absolute atomic E-state index is 14.0. The summed E-state index contributed by atoms with van der Waals surface area (Å²) in [7, 11) is 0. The Labute approximate surface area is 178 Å². The molecular formula is C24H21F2N3O2. The van der Waals surface area contributed by atoms with Gasteiger partial charge >= 0.3 is 5.97 Å². The van der Waals surface area contributed by atoms with Crippen LogP contribution in [0, 0.1) is 11.6 Å². The number of pyridine rings is 1. The summed E-state index contributed by atoms with van der Waals surface area (Å²) in [5.74, 6) is -1.94. The maximum atomic E-state index is 14.0. The first kappa shape index (κ1) is 20.5. The lowest BCUT2D eigenvalue weighted by Gasteiger charge is -2.12. The minimum Gasteiger partial charge on any atom is -0.478 e. The molecule has 5 nitrogen and oxygen atoms in total. The van der Waals surface area contributed by atoms with Crippen LogP contribution in [0.4, 0.5) is 20.3 Å². The van der Waals surface area contributed by atoms with Crippen LogP contribution in [0.25, 0.3) is 10.9 Å². The van der Waals surface area contributed by atoms with Crippen LogP contribution in [-0.4, -0.2) is 20.6 Å². The molecule has 0 aliphatic carbocycles. The second kappa shape index (κ2) is 8.55. The molecule has 0 bridgehead atoms. The van der Waals surface area contributed by atoms with Gasteiger partial charge < -0.3 is 15.0 Å². The van der Waals surface area contributed by atoms with E-state index in [1.165, 1.54) is 18.2 Å². The van der Waals surface area contributed by atoms with Gasteiger partial charge in [-0.2, -0.15) is 0 Å². The molecule has 4 rings (SSSR count). The number of fused-ring (bicyclic) bond motifs is 1. The molecule has 0 aliphatic rings. The summed E-state index contributed by atoms with van der Waals surface area (Å²) in [6, 6.07) is 14.4. The van der Waals surface area contributed by atoms with Crippen molar-refractivity contribution in [1.82, 2.24) is 9.55 Å². The third-order valence-electron chi connectivity index (χ3n) is 5.11. The van der Waals surface area contributed by atoms with Crippen LogP contribution >= 0.6 is 0 Å². The highest BCUT2D eigenvalue weighted by atomic mass is 19.1. The number of nitrogens with one attached hydrogen (secondary N) is 1. The van der Waals surface area contributed by atoms with Gasteiger partial charge in [-0.3, -0.25) is 0 Å². The Bertz CT molecular complexity index is 1250. The van der Waals surface area contributed by atoms with Crippen molar-refractivity contribution in [3.05, 3.63) is 89.2 Å². The molecule has 0 saturated carbocycles. The molecule has 158 valence electrons. The number of carbonyl (C=O) groups is 1. The number of rotatable bonds is 7. The topological polar surface area (TPSA) is 67.2 Å². The lowest BCUT2D eigenvalue weighted by molar-refractivity contribution is 0.0697. The van der Waals surface area contributed by atoms with Gasteiger partial charge in [0.05, 0.1) is 6.54 Å². The SMILES string of the molecule is CCCc1ccc(C(=O)O)c(Nc2ccc3c(ccn3Cc3c(F)cccc3F)c2)n1. The van der Waals surface area contributed by atoms with E-state index in [2.05, 4.69) is 10.3 Å². The fourth-order valence-corrected chi connectivity index (χ4v) is 3.57. The normalized spacial score (nSPS) is 11.1. The molecule has 0 fully saturated rings. The molecule has 2 N–H and O–H groups in total. The number of carboxylic acid groups (broad SMARTS) is 1. The van der Waals surface area contributed by atoms with Gasteiger partial charge in [-0.1, -0.05) is 19.4 Å². The number of carboxylic acids is 1. The molecule has 0 aliphatic heterocycles.